The van der Waals surface area contributed by atoms with Crippen LogP contribution in [0.1, 0.15) is 38.2 Å². The second-order valence-corrected chi connectivity index (χ2v) is 11.1. The number of benzene rings is 1. The summed E-state index contributed by atoms with van der Waals surface area (Å²) in [5.74, 6) is -0.161. The van der Waals surface area contributed by atoms with Gasteiger partial charge in [0.25, 0.3) is 10.0 Å². The van der Waals surface area contributed by atoms with Gasteiger partial charge in [0.2, 0.25) is 5.76 Å². The smallest absolute Gasteiger partial charge is 0.410 e. The zero-order valence-corrected chi connectivity index (χ0v) is 22.0. The average Bonchev–Trinajstić information content (AvgIpc) is 3.27. The maximum atomic E-state index is 13.2. The molecular weight excluding hydrogens is 500 g/mol. The maximum Gasteiger partial charge on any atom is 0.410 e. The molecule has 12 heteroatoms. The molecule has 1 amide bonds. The number of aromatic nitrogens is 1. The molecule has 1 fully saturated rings. The molecule has 1 aromatic carbocycles. The lowest BCUT2D eigenvalue weighted by Gasteiger charge is -2.36. The lowest BCUT2D eigenvalue weighted by molar-refractivity contribution is 0.0240. The number of piperazine rings is 1. The number of anilines is 2. The van der Waals surface area contributed by atoms with Crippen molar-refractivity contribution in [3.8, 4) is 0 Å². The monoisotopic (exact) mass is 530 g/mol. The van der Waals surface area contributed by atoms with Crippen LogP contribution in [0.2, 0.25) is 0 Å². The minimum absolute atomic E-state index is 0.000531. The Kier molecular flexibility index (Phi) is 7.30. The molecule has 198 valence electrons. The van der Waals surface area contributed by atoms with Crippen molar-refractivity contribution in [2.45, 2.75) is 38.2 Å². The number of rotatable bonds is 6. The lowest BCUT2D eigenvalue weighted by Crippen LogP contribution is -2.50. The zero-order chi connectivity index (χ0) is 26.8. The van der Waals surface area contributed by atoms with Crippen molar-refractivity contribution in [3.63, 3.8) is 0 Å². The van der Waals surface area contributed by atoms with Gasteiger partial charge in [0, 0.05) is 43.8 Å². The predicted molar refractivity (Wildman–Crippen MR) is 137 cm³/mol. The number of nitrogens with one attached hydrogen (secondary N) is 1. The standard InChI is InChI=1S/C25H30N4O7S/c1-5-34-23(30)21-15-17-8-9-18(16-20(17)35-21)37(32,33)27-19-7-6-10-26-22(19)28-11-13-29(14-12-28)24(31)36-25(2,3)4/h6-10,15-16,27H,5,11-14H2,1-4H3. The Morgan fingerprint density at radius 3 is 2.51 bits per heavy atom. The van der Waals surface area contributed by atoms with Crippen molar-refractivity contribution in [2.75, 3.05) is 42.4 Å². The van der Waals surface area contributed by atoms with Crippen molar-refractivity contribution in [1.82, 2.24) is 9.88 Å². The molecule has 4 rings (SSSR count). The fraction of sp³-hybridized carbons (Fsp3) is 0.400. The van der Waals surface area contributed by atoms with Crippen molar-refractivity contribution >= 4 is 44.6 Å². The summed E-state index contributed by atoms with van der Waals surface area (Å²) in [7, 11) is -4.01. The van der Waals surface area contributed by atoms with E-state index in [0.29, 0.717) is 43.1 Å². The summed E-state index contributed by atoms with van der Waals surface area (Å²) in [5.41, 5.74) is -0.0322. The number of fused-ring (bicyclic) bond motifs is 1. The molecule has 1 aliphatic rings. The third-order valence-electron chi connectivity index (χ3n) is 5.54. The number of nitrogens with zero attached hydrogens (tertiary/aromatic N) is 3. The van der Waals surface area contributed by atoms with Crippen LogP contribution in [-0.4, -0.2) is 68.8 Å². The summed E-state index contributed by atoms with van der Waals surface area (Å²) >= 11 is 0. The molecular formula is C25H30N4O7S. The Hall–Kier alpha value is -3.80. The van der Waals surface area contributed by atoms with Crippen LogP contribution in [0, 0.1) is 0 Å². The molecule has 0 unspecified atom stereocenters. The van der Waals surface area contributed by atoms with Gasteiger partial charge in [-0.1, -0.05) is 0 Å². The first-order valence-corrected chi connectivity index (χ1v) is 13.4. The first kappa shape index (κ1) is 26.3. The molecule has 0 spiro atoms. The van der Waals surface area contributed by atoms with Crippen LogP contribution >= 0.6 is 0 Å². The normalized spacial score (nSPS) is 14.5. The van der Waals surface area contributed by atoms with Crippen LogP contribution in [0.15, 0.2) is 51.9 Å². The summed E-state index contributed by atoms with van der Waals surface area (Å²) in [6.07, 6.45) is 1.20. The molecule has 3 aromatic rings. The summed E-state index contributed by atoms with van der Waals surface area (Å²) in [6.45, 7) is 9.07. The number of hydrogen-bond donors (Lipinski definition) is 1. The first-order valence-electron chi connectivity index (χ1n) is 11.9. The summed E-state index contributed by atoms with van der Waals surface area (Å²) in [6, 6.07) is 9.13. The van der Waals surface area contributed by atoms with E-state index in [2.05, 4.69) is 9.71 Å². The maximum absolute atomic E-state index is 13.2. The largest absolute Gasteiger partial charge is 0.460 e. The molecule has 0 radical (unpaired) electrons. The van der Waals surface area contributed by atoms with Crippen LogP contribution in [-0.2, 0) is 19.5 Å². The number of esters is 1. The van der Waals surface area contributed by atoms with Gasteiger partial charge in [0.1, 0.15) is 11.2 Å². The average molecular weight is 531 g/mol. The molecule has 11 nitrogen and oxygen atoms in total. The predicted octanol–water partition coefficient (Wildman–Crippen LogP) is 3.86. The Labute approximate surface area is 215 Å². The minimum atomic E-state index is -4.01. The van der Waals surface area contributed by atoms with Gasteiger partial charge in [-0.05, 0) is 58.0 Å². The van der Waals surface area contributed by atoms with E-state index < -0.39 is 21.6 Å². The van der Waals surface area contributed by atoms with E-state index in [9.17, 15) is 18.0 Å². The fourth-order valence-electron chi connectivity index (χ4n) is 3.84. The number of pyridine rings is 1. The quantitative estimate of drug-likeness (QED) is 0.472. The molecule has 1 aliphatic heterocycles. The van der Waals surface area contributed by atoms with E-state index in [1.54, 1.807) is 36.2 Å². The second-order valence-electron chi connectivity index (χ2n) is 9.47. The number of ether oxygens (including phenoxy) is 2. The van der Waals surface area contributed by atoms with Crippen LogP contribution in [0.3, 0.4) is 0 Å². The van der Waals surface area contributed by atoms with Crippen molar-refractivity contribution in [1.29, 1.82) is 0 Å². The minimum Gasteiger partial charge on any atom is -0.460 e. The van der Waals surface area contributed by atoms with Gasteiger partial charge in [0.15, 0.2) is 5.82 Å². The van der Waals surface area contributed by atoms with Gasteiger partial charge in [-0.25, -0.2) is 23.0 Å². The lowest BCUT2D eigenvalue weighted by atomic mass is 10.2. The van der Waals surface area contributed by atoms with Crippen LogP contribution in [0.5, 0.6) is 0 Å². The van der Waals surface area contributed by atoms with Crippen molar-refractivity contribution < 1.29 is 31.9 Å². The van der Waals surface area contributed by atoms with E-state index >= 15 is 0 Å². The molecule has 2 aromatic heterocycles. The van der Waals surface area contributed by atoms with E-state index in [-0.39, 0.29) is 28.9 Å². The highest BCUT2D eigenvalue weighted by Crippen LogP contribution is 2.29. The third-order valence-corrected chi connectivity index (χ3v) is 6.90. The number of furan rings is 1. The molecule has 0 saturated carbocycles. The molecule has 3 heterocycles. The third kappa shape index (κ3) is 6.13. The van der Waals surface area contributed by atoms with Gasteiger partial charge in [-0.3, -0.25) is 4.72 Å². The Morgan fingerprint density at radius 1 is 1.11 bits per heavy atom. The van der Waals surface area contributed by atoms with Crippen LogP contribution in [0.25, 0.3) is 11.0 Å². The number of sulfonamides is 1. The molecule has 1 saturated heterocycles. The fourth-order valence-corrected chi connectivity index (χ4v) is 4.92. The van der Waals surface area contributed by atoms with Gasteiger partial charge < -0.3 is 23.7 Å². The summed E-state index contributed by atoms with van der Waals surface area (Å²) in [4.78, 5) is 32.2. The topological polar surface area (TPSA) is 131 Å². The molecule has 1 N–H and O–H groups in total. The van der Waals surface area contributed by atoms with Crippen molar-refractivity contribution in [3.05, 3.63) is 48.4 Å². The number of carbonyl (C=O) groups excluding carboxylic acids is 2. The highest BCUT2D eigenvalue weighted by atomic mass is 32.2. The Balaban J connectivity index is 1.50. The Bertz CT molecular complexity index is 1400. The first-order chi connectivity index (χ1) is 17.5. The van der Waals surface area contributed by atoms with Gasteiger partial charge in [-0.2, -0.15) is 0 Å². The highest BCUT2D eigenvalue weighted by molar-refractivity contribution is 7.92. The van der Waals surface area contributed by atoms with Gasteiger partial charge in [0.05, 0.1) is 17.2 Å². The number of hydrogen-bond acceptors (Lipinski definition) is 9. The van der Waals surface area contributed by atoms with Gasteiger partial charge >= 0.3 is 12.1 Å². The van der Waals surface area contributed by atoms with Crippen molar-refractivity contribution in [2.24, 2.45) is 0 Å². The number of amides is 1. The van der Waals surface area contributed by atoms with E-state index in [1.807, 2.05) is 25.7 Å². The van der Waals surface area contributed by atoms with E-state index in [0.717, 1.165) is 0 Å². The molecule has 0 aliphatic carbocycles. The highest BCUT2D eigenvalue weighted by Gasteiger charge is 2.28. The summed E-state index contributed by atoms with van der Waals surface area (Å²) < 4.78 is 45.0. The summed E-state index contributed by atoms with van der Waals surface area (Å²) in [5, 5.41) is 0.576. The molecule has 37 heavy (non-hydrogen) atoms. The molecule has 0 atom stereocenters. The van der Waals surface area contributed by atoms with Crippen LogP contribution < -0.4 is 9.62 Å². The Morgan fingerprint density at radius 2 is 1.84 bits per heavy atom. The second kappa shape index (κ2) is 10.3. The number of carbonyl (C=O) groups is 2. The SMILES string of the molecule is CCOC(=O)c1cc2ccc(S(=O)(=O)Nc3cccnc3N3CCN(C(=O)OC(C)(C)C)CC3)cc2o1. The molecule has 0 bridgehead atoms. The van der Waals surface area contributed by atoms with Crippen LogP contribution in [0.4, 0.5) is 16.3 Å². The van der Waals surface area contributed by atoms with Gasteiger partial charge in [-0.15, -0.1) is 0 Å². The van der Waals surface area contributed by atoms with E-state index in [4.69, 9.17) is 13.9 Å². The van der Waals surface area contributed by atoms with E-state index in [1.165, 1.54) is 18.2 Å². The zero-order valence-electron chi connectivity index (χ0n) is 21.2.